The summed E-state index contributed by atoms with van der Waals surface area (Å²) in [6, 6.07) is 1.81. The molecule has 19 heavy (non-hydrogen) atoms. The molecule has 2 rings (SSSR count). The van der Waals surface area contributed by atoms with Gasteiger partial charge in [0, 0.05) is 19.8 Å². The van der Waals surface area contributed by atoms with Crippen LogP contribution in [0, 0.1) is 5.92 Å². The van der Waals surface area contributed by atoms with Gasteiger partial charge in [0.15, 0.2) is 0 Å². The molecule has 1 saturated carbocycles. The van der Waals surface area contributed by atoms with E-state index >= 15 is 0 Å². The maximum atomic E-state index is 11.6. The molecule has 0 unspecified atom stereocenters. The van der Waals surface area contributed by atoms with Gasteiger partial charge < -0.3 is 10.6 Å². The average Bonchev–Trinajstić information content (AvgIpc) is 3.04. The number of carbonyl (C=O) groups is 1. The van der Waals surface area contributed by atoms with Crippen molar-refractivity contribution in [1.29, 1.82) is 0 Å². The van der Waals surface area contributed by atoms with Crippen LogP contribution in [0.1, 0.15) is 44.2 Å². The van der Waals surface area contributed by atoms with E-state index < -0.39 is 0 Å². The van der Waals surface area contributed by atoms with Crippen molar-refractivity contribution in [2.75, 3.05) is 6.54 Å². The second kappa shape index (κ2) is 7.16. The van der Waals surface area contributed by atoms with E-state index in [4.69, 9.17) is 0 Å². The van der Waals surface area contributed by atoms with Crippen molar-refractivity contribution in [3.8, 4) is 0 Å². The summed E-state index contributed by atoms with van der Waals surface area (Å²) in [7, 11) is 1.87. The van der Waals surface area contributed by atoms with E-state index in [0.29, 0.717) is 6.54 Å². The number of hydrogen-bond donors (Lipinski definition) is 2. The highest BCUT2D eigenvalue weighted by atomic mass is 16.2. The number of hydrogen-bond acceptors (Lipinski definition) is 2. The van der Waals surface area contributed by atoms with Gasteiger partial charge in [0.1, 0.15) is 0 Å². The second-order valence-corrected chi connectivity index (χ2v) is 5.35. The minimum absolute atomic E-state index is 0.0902. The van der Waals surface area contributed by atoms with Gasteiger partial charge in [-0.1, -0.05) is 25.7 Å². The Morgan fingerprint density at radius 1 is 1.42 bits per heavy atom. The molecule has 2 N–H and O–H groups in total. The van der Waals surface area contributed by atoms with Gasteiger partial charge in [-0.25, -0.2) is 4.79 Å². The van der Waals surface area contributed by atoms with E-state index in [1.54, 1.807) is 10.9 Å². The number of aromatic nitrogens is 2. The minimum Gasteiger partial charge on any atom is -0.338 e. The summed E-state index contributed by atoms with van der Waals surface area (Å²) < 4.78 is 1.76. The Morgan fingerprint density at radius 3 is 2.89 bits per heavy atom. The first-order valence-electron chi connectivity index (χ1n) is 7.24. The highest BCUT2D eigenvalue weighted by Crippen LogP contribution is 2.28. The number of rotatable bonds is 6. The van der Waals surface area contributed by atoms with Crippen LogP contribution in [0.15, 0.2) is 12.3 Å². The number of nitrogens with zero attached hydrogens (tertiary/aromatic N) is 2. The van der Waals surface area contributed by atoms with Gasteiger partial charge in [-0.15, -0.1) is 0 Å². The van der Waals surface area contributed by atoms with Gasteiger partial charge in [0.05, 0.1) is 12.2 Å². The third-order valence-corrected chi connectivity index (χ3v) is 3.90. The maximum Gasteiger partial charge on any atom is 0.315 e. The summed E-state index contributed by atoms with van der Waals surface area (Å²) in [4.78, 5) is 11.6. The molecule has 1 fully saturated rings. The number of urea groups is 1. The maximum absolute atomic E-state index is 11.6. The first-order chi connectivity index (χ1) is 9.25. The Kier molecular flexibility index (Phi) is 5.24. The molecule has 1 aliphatic rings. The van der Waals surface area contributed by atoms with E-state index in [1.807, 2.05) is 13.1 Å². The lowest BCUT2D eigenvalue weighted by atomic mass is 10.0. The number of carbonyl (C=O) groups excluding carboxylic acids is 1. The highest BCUT2D eigenvalue weighted by Gasteiger charge is 2.14. The molecule has 0 aliphatic heterocycles. The summed E-state index contributed by atoms with van der Waals surface area (Å²) >= 11 is 0. The molecule has 1 heterocycles. The van der Waals surface area contributed by atoms with Crippen molar-refractivity contribution < 1.29 is 4.79 Å². The van der Waals surface area contributed by atoms with E-state index in [0.717, 1.165) is 24.6 Å². The summed E-state index contributed by atoms with van der Waals surface area (Å²) in [6.07, 6.45) is 9.62. The highest BCUT2D eigenvalue weighted by molar-refractivity contribution is 5.73. The predicted molar refractivity (Wildman–Crippen MR) is 74.6 cm³/mol. The molecule has 106 valence electrons. The van der Waals surface area contributed by atoms with Gasteiger partial charge in [-0.3, -0.25) is 4.68 Å². The zero-order chi connectivity index (χ0) is 13.5. The lowest BCUT2D eigenvalue weighted by Gasteiger charge is -2.10. The van der Waals surface area contributed by atoms with Gasteiger partial charge in [-0.2, -0.15) is 5.10 Å². The first-order valence-corrected chi connectivity index (χ1v) is 7.24. The fourth-order valence-electron chi connectivity index (χ4n) is 2.70. The second-order valence-electron chi connectivity index (χ2n) is 5.35. The molecule has 0 aromatic carbocycles. The molecule has 2 amide bonds. The van der Waals surface area contributed by atoms with Gasteiger partial charge in [-0.05, 0) is 24.8 Å². The summed E-state index contributed by atoms with van der Waals surface area (Å²) in [6.45, 7) is 1.29. The predicted octanol–water partition coefficient (Wildman–Crippen LogP) is 2.19. The summed E-state index contributed by atoms with van der Waals surface area (Å²) in [5.74, 6) is 0.902. The van der Waals surface area contributed by atoms with Crippen molar-refractivity contribution in [1.82, 2.24) is 20.4 Å². The van der Waals surface area contributed by atoms with Crippen LogP contribution in [0.4, 0.5) is 4.79 Å². The van der Waals surface area contributed by atoms with E-state index in [1.165, 1.54) is 32.1 Å². The van der Waals surface area contributed by atoms with E-state index in [9.17, 15) is 4.79 Å². The number of aryl methyl sites for hydroxylation is 1. The van der Waals surface area contributed by atoms with Crippen LogP contribution >= 0.6 is 0 Å². The molecule has 5 nitrogen and oxygen atoms in total. The molecule has 0 bridgehead atoms. The van der Waals surface area contributed by atoms with Crippen LogP contribution in [0.3, 0.4) is 0 Å². The fourth-order valence-corrected chi connectivity index (χ4v) is 2.70. The molecular weight excluding hydrogens is 240 g/mol. The standard InChI is InChI=1S/C14H24N4O/c1-18-13(8-10-17-18)11-16-14(19)15-9-4-7-12-5-2-3-6-12/h8,10,12H,2-7,9,11H2,1H3,(H2,15,16,19). The van der Waals surface area contributed by atoms with Crippen LogP contribution < -0.4 is 10.6 Å². The zero-order valence-electron chi connectivity index (χ0n) is 11.7. The lowest BCUT2D eigenvalue weighted by Crippen LogP contribution is -2.36. The van der Waals surface area contributed by atoms with Gasteiger partial charge >= 0.3 is 6.03 Å². The van der Waals surface area contributed by atoms with Gasteiger partial charge in [0.25, 0.3) is 0 Å². The topological polar surface area (TPSA) is 59.0 Å². The van der Waals surface area contributed by atoms with Crippen LogP contribution in [0.25, 0.3) is 0 Å². The SMILES string of the molecule is Cn1nccc1CNC(=O)NCCCC1CCCC1. The third kappa shape index (κ3) is 4.58. The van der Waals surface area contributed by atoms with Crippen LogP contribution in [-0.2, 0) is 13.6 Å². The fraction of sp³-hybridized carbons (Fsp3) is 0.714. The molecule has 1 aromatic rings. The lowest BCUT2D eigenvalue weighted by molar-refractivity contribution is 0.239. The van der Waals surface area contributed by atoms with Crippen molar-refractivity contribution in [3.63, 3.8) is 0 Å². The molecular formula is C14H24N4O. The van der Waals surface area contributed by atoms with Crippen LogP contribution in [-0.4, -0.2) is 22.4 Å². The normalized spacial score (nSPS) is 15.6. The van der Waals surface area contributed by atoms with Crippen molar-refractivity contribution in [3.05, 3.63) is 18.0 Å². The first kappa shape index (κ1) is 13.9. The number of nitrogens with one attached hydrogen (secondary N) is 2. The summed E-state index contributed by atoms with van der Waals surface area (Å²) in [5.41, 5.74) is 1.00. The third-order valence-electron chi connectivity index (χ3n) is 3.90. The Morgan fingerprint density at radius 2 is 2.21 bits per heavy atom. The Bertz CT molecular complexity index is 396. The molecule has 0 atom stereocenters. The van der Waals surface area contributed by atoms with Crippen molar-refractivity contribution >= 4 is 6.03 Å². The molecule has 0 spiro atoms. The quantitative estimate of drug-likeness (QED) is 0.774. The average molecular weight is 264 g/mol. The Balaban J connectivity index is 1.53. The largest absolute Gasteiger partial charge is 0.338 e. The Hall–Kier alpha value is -1.52. The molecule has 0 radical (unpaired) electrons. The van der Waals surface area contributed by atoms with E-state index in [-0.39, 0.29) is 6.03 Å². The van der Waals surface area contributed by atoms with Crippen LogP contribution in [0.5, 0.6) is 0 Å². The molecule has 1 aliphatic carbocycles. The zero-order valence-corrected chi connectivity index (χ0v) is 11.7. The van der Waals surface area contributed by atoms with Crippen molar-refractivity contribution in [2.24, 2.45) is 13.0 Å². The van der Waals surface area contributed by atoms with Crippen LogP contribution in [0.2, 0.25) is 0 Å². The minimum atomic E-state index is -0.0902. The summed E-state index contributed by atoms with van der Waals surface area (Å²) in [5, 5.41) is 9.81. The smallest absolute Gasteiger partial charge is 0.315 e. The van der Waals surface area contributed by atoms with E-state index in [2.05, 4.69) is 15.7 Å². The Labute approximate surface area is 114 Å². The molecule has 0 saturated heterocycles. The number of amides is 2. The molecule has 5 heteroatoms. The molecule has 1 aromatic heterocycles. The van der Waals surface area contributed by atoms with Crippen molar-refractivity contribution in [2.45, 2.75) is 45.1 Å². The van der Waals surface area contributed by atoms with Gasteiger partial charge in [0.2, 0.25) is 0 Å². The monoisotopic (exact) mass is 264 g/mol.